The Morgan fingerprint density at radius 2 is 1.71 bits per heavy atom. The molecule has 0 atom stereocenters. The van der Waals surface area contributed by atoms with Crippen LogP contribution in [0.5, 0.6) is 0 Å². The molecule has 0 aromatic heterocycles. The molecule has 7 heavy (non-hydrogen) atoms. The Morgan fingerprint density at radius 1 is 1.57 bits per heavy atom. The average molecular weight is 105 g/mol. The second kappa shape index (κ2) is 8.99. The van der Waals surface area contributed by atoms with Crippen molar-refractivity contribution in [2.24, 2.45) is 0 Å². The van der Waals surface area contributed by atoms with Gasteiger partial charge in [0.15, 0.2) is 0 Å². The molecule has 1 amide bonds. The predicted molar refractivity (Wildman–Crippen MR) is 28.4 cm³/mol. The van der Waals surface area contributed by atoms with Crippen molar-refractivity contribution in [3.8, 4) is 0 Å². The lowest BCUT2D eigenvalue weighted by Crippen LogP contribution is -2.13. The number of amides is 1. The smallest absolute Gasteiger partial charge is 0.404 e. The molecule has 0 bridgehead atoms. The van der Waals surface area contributed by atoms with Gasteiger partial charge in [-0.2, -0.15) is 0 Å². The Kier molecular flexibility index (Phi) is 12.3. The van der Waals surface area contributed by atoms with Gasteiger partial charge in [0.1, 0.15) is 0 Å². The summed E-state index contributed by atoms with van der Waals surface area (Å²) in [6.07, 6.45) is -0.995. The highest BCUT2D eigenvalue weighted by Crippen LogP contribution is 1.45. The predicted octanol–water partition coefficient (Wildman–Crippen LogP) is 0.910. The van der Waals surface area contributed by atoms with Gasteiger partial charge in [-0.05, 0) is 0 Å². The molecule has 0 aliphatic rings. The highest BCUT2D eigenvalue weighted by atomic mass is 16.4. The van der Waals surface area contributed by atoms with Gasteiger partial charge in [-0.1, -0.05) is 13.8 Å². The highest BCUT2D eigenvalue weighted by molar-refractivity contribution is 5.63. The number of hydrogen-bond donors (Lipinski definition) is 2. The molecule has 0 aliphatic carbocycles. The molecule has 0 aromatic rings. The van der Waals surface area contributed by atoms with Crippen LogP contribution in [0.4, 0.5) is 4.79 Å². The second-order valence-electron chi connectivity index (χ2n) is 0.555. The minimum absolute atomic E-state index is 0.995. The molecule has 0 aromatic carbocycles. The Bertz CT molecular complexity index is 45.0. The van der Waals surface area contributed by atoms with E-state index in [9.17, 15) is 4.79 Å². The van der Waals surface area contributed by atoms with E-state index in [1.807, 2.05) is 19.2 Å². The van der Waals surface area contributed by atoms with E-state index in [1.54, 1.807) is 0 Å². The molecule has 0 fully saturated rings. The number of carboxylic acid groups (broad SMARTS) is 1. The third-order valence-electron chi connectivity index (χ3n) is 0.214. The molecule has 2 N–H and O–H groups in total. The number of nitrogens with one attached hydrogen (secondary N) is 1. The Morgan fingerprint density at radius 3 is 1.71 bits per heavy atom. The zero-order valence-electron chi connectivity index (χ0n) is 4.86. The normalized spacial score (nSPS) is 5.57. The van der Waals surface area contributed by atoms with Crippen molar-refractivity contribution in [1.29, 1.82) is 0 Å². The number of carbonyl (C=O) groups is 1. The van der Waals surface area contributed by atoms with E-state index in [0.29, 0.717) is 0 Å². The molecule has 0 radical (unpaired) electrons. The van der Waals surface area contributed by atoms with Gasteiger partial charge in [-0.25, -0.2) is 4.79 Å². The fourth-order valence-corrected chi connectivity index (χ4v) is 0. The van der Waals surface area contributed by atoms with Crippen molar-refractivity contribution < 1.29 is 9.90 Å². The molecule has 0 heterocycles. The van der Waals surface area contributed by atoms with E-state index in [0.717, 1.165) is 0 Å². The minimum atomic E-state index is -0.995. The molecule has 0 rings (SSSR count). The quantitative estimate of drug-likeness (QED) is 0.481. The molecular formula is C4H11NO2. The van der Waals surface area contributed by atoms with Crippen molar-refractivity contribution in [2.75, 3.05) is 7.05 Å². The summed E-state index contributed by atoms with van der Waals surface area (Å²) in [4.78, 5) is 9.26. The van der Waals surface area contributed by atoms with Crippen LogP contribution < -0.4 is 5.32 Å². The van der Waals surface area contributed by atoms with E-state index in [4.69, 9.17) is 5.11 Å². The van der Waals surface area contributed by atoms with Gasteiger partial charge in [-0.3, -0.25) is 0 Å². The van der Waals surface area contributed by atoms with Crippen LogP contribution in [-0.4, -0.2) is 18.2 Å². The lowest BCUT2D eigenvalue weighted by Gasteiger charge is -1.78. The first kappa shape index (κ1) is 9.55. The summed E-state index contributed by atoms with van der Waals surface area (Å²) in [5.41, 5.74) is 0. The summed E-state index contributed by atoms with van der Waals surface area (Å²) < 4.78 is 0. The summed E-state index contributed by atoms with van der Waals surface area (Å²) in [7, 11) is 1.35. The Hall–Kier alpha value is -0.730. The maximum atomic E-state index is 9.26. The number of rotatable bonds is 0. The van der Waals surface area contributed by atoms with Crippen LogP contribution in [0.25, 0.3) is 0 Å². The molecule has 0 unspecified atom stereocenters. The van der Waals surface area contributed by atoms with Crippen LogP contribution in [0.2, 0.25) is 0 Å². The van der Waals surface area contributed by atoms with Gasteiger partial charge in [0.2, 0.25) is 0 Å². The van der Waals surface area contributed by atoms with Gasteiger partial charge in [0.25, 0.3) is 0 Å². The zero-order chi connectivity index (χ0) is 6.28. The first-order valence-electron chi connectivity index (χ1n) is 2.18. The van der Waals surface area contributed by atoms with Gasteiger partial charge in [0.05, 0.1) is 0 Å². The largest absolute Gasteiger partial charge is 0.465 e. The second-order valence-corrected chi connectivity index (χ2v) is 0.555. The molecule has 3 nitrogen and oxygen atoms in total. The molecule has 44 valence electrons. The van der Waals surface area contributed by atoms with Crippen LogP contribution in [0, 0.1) is 0 Å². The third-order valence-corrected chi connectivity index (χ3v) is 0.214. The summed E-state index contributed by atoms with van der Waals surface area (Å²) >= 11 is 0. The van der Waals surface area contributed by atoms with Crippen molar-refractivity contribution in [1.82, 2.24) is 5.32 Å². The lowest BCUT2D eigenvalue weighted by molar-refractivity contribution is 0.197. The summed E-state index contributed by atoms with van der Waals surface area (Å²) in [5.74, 6) is 0. The Labute approximate surface area is 43.3 Å². The third kappa shape index (κ3) is 34.9. The van der Waals surface area contributed by atoms with Gasteiger partial charge in [-0.15, -0.1) is 0 Å². The monoisotopic (exact) mass is 105 g/mol. The van der Waals surface area contributed by atoms with E-state index < -0.39 is 6.09 Å². The summed E-state index contributed by atoms with van der Waals surface area (Å²) in [5, 5.41) is 9.56. The zero-order valence-corrected chi connectivity index (χ0v) is 4.86. The first-order valence-corrected chi connectivity index (χ1v) is 2.18. The van der Waals surface area contributed by atoms with Crippen LogP contribution in [0.3, 0.4) is 0 Å². The van der Waals surface area contributed by atoms with Crippen LogP contribution >= 0.6 is 0 Å². The highest BCUT2D eigenvalue weighted by Gasteiger charge is 1.76. The van der Waals surface area contributed by atoms with Crippen LogP contribution in [-0.2, 0) is 0 Å². The van der Waals surface area contributed by atoms with E-state index >= 15 is 0 Å². The summed E-state index contributed by atoms with van der Waals surface area (Å²) in [6.45, 7) is 4.00. The number of hydrogen-bond acceptors (Lipinski definition) is 1. The van der Waals surface area contributed by atoms with Gasteiger partial charge >= 0.3 is 6.09 Å². The molecule has 3 heteroatoms. The molecule has 0 saturated carbocycles. The molecule has 0 saturated heterocycles. The van der Waals surface area contributed by atoms with Crippen molar-refractivity contribution >= 4 is 6.09 Å². The molecule has 0 aliphatic heterocycles. The topological polar surface area (TPSA) is 49.3 Å². The van der Waals surface area contributed by atoms with Crippen molar-refractivity contribution in [3.05, 3.63) is 0 Å². The fourth-order valence-electron chi connectivity index (χ4n) is 0. The van der Waals surface area contributed by atoms with E-state index in [-0.39, 0.29) is 0 Å². The van der Waals surface area contributed by atoms with Gasteiger partial charge in [0, 0.05) is 7.05 Å². The maximum absolute atomic E-state index is 9.26. The lowest BCUT2D eigenvalue weighted by atomic mass is 11.0. The maximum Gasteiger partial charge on any atom is 0.404 e. The van der Waals surface area contributed by atoms with Crippen LogP contribution in [0.1, 0.15) is 13.8 Å². The fraction of sp³-hybridized carbons (Fsp3) is 0.750. The summed E-state index contributed by atoms with van der Waals surface area (Å²) in [6, 6.07) is 0. The average Bonchev–Trinajstić information content (AvgIpc) is 1.73. The van der Waals surface area contributed by atoms with E-state index in [1.165, 1.54) is 7.05 Å². The molecule has 0 spiro atoms. The van der Waals surface area contributed by atoms with Crippen molar-refractivity contribution in [3.63, 3.8) is 0 Å². The van der Waals surface area contributed by atoms with Crippen molar-refractivity contribution in [2.45, 2.75) is 13.8 Å². The molecular weight excluding hydrogens is 94.0 g/mol. The minimum Gasteiger partial charge on any atom is -0.465 e. The van der Waals surface area contributed by atoms with Gasteiger partial charge < -0.3 is 10.4 Å². The Balaban J connectivity index is 0. The van der Waals surface area contributed by atoms with E-state index in [2.05, 4.69) is 0 Å². The van der Waals surface area contributed by atoms with Crippen LogP contribution in [0.15, 0.2) is 0 Å². The SMILES string of the molecule is CC.CNC(=O)O. The first-order chi connectivity index (χ1) is 3.27. The standard InChI is InChI=1S/C2H5NO2.C2H6/c1-3-2(4)5;1-2/h3H,1H3,(H,4,5);1-2H3.